The van der Waals surface area contributed by atoms with Crippen LogP contribution in [-0.4, -0.2) is 51.9 Å². The number of carboxylic acids is 1. The van der Waals surface area contributed by atoms with Crippen LogP contribution in [0.15, 0.2) is 18.3 Å². The Hall–Kier alpha value is -2.44. The van der Waals surface area contributed by atoms with Crippen molar-refractivity contribution in [3.8, 4) is 0 Å². The molecule has 0 spiro atoms. The molecule has 1 saturated heterocycles. The molecule has 7 nitrogen and oxygen atoms in total. The van der Waals surface area contributed by atoms with Crippen LogP contribution in [0.5, 0.6) is 0 Å². The lowest BCUT2D eigenvalue weighted by atomic mass is 10.0. The molecular weight excluding hydrogens is 298 g/mol. The summed E-state index contributed by atoms with van der Waals surface area (Å²) in [6.07, 6.45) is 4.77. The van der Waals surface area contributed by atoms with E-state index in [0.29, 0.717) is 18.7 Å². The average Bonchev–Trinajstić information content (AvgIpc) is 3.40. The van der Waals surface area contributed by atoms with E-state index in [2.05, 4.69) is 10.3 Å². The van der Waals surface area contributed by atoms with Crippen molar-refractivity contribution in [2.45, 2.75) is 31.7 Å². The van der Waals surface area contributed by atoms with Crippen LogP contribution in [0.25, 0.3) is 0 Å². The lowest BCUT2D eigenvalue weighted by Gasteiger charge is -2.32. The second kappa shape index (κ2) is 6.36. The number of rotatable bonds is 4. The van der Waals surface area contributed by atoms with E-state index in [9.17, 15) is 14.4 Å². The number of aromatic nitrogens is 1. The van der Waals surface area contributed by atoms with Crippen LogP contribution < -0.4 is 5.32 Å². The van der Waals surface area contributed by atoms with E-state index in [1.165, 1.54) is 18.3 Å². The molecule has 0 bridgehead atoms. The summed E-state index contributed by atoms with van der Waals surface area (Å²) in [4.78, 5) is 40.5. The molecule has 0 aromatic carbocycles. The molecule has 0 radical (unpaired) electrons. The third-order valence-electron chi connectivity index (χ3n) is 4.31. The number of pyridine rings is 1. The summed E-state index contributed by atoms with van der Waals surface area (Å²) in [5.41, 5.74) is 0.250. The highest BCUT2D eigenvalue weighted by Gasteiger charge is 2.35. The van der Waals surface area contributed by atoms with Gasteiger partial charge < -0.3 is 15.3 Å². The third kappa shape index (κ3) is 3.67. The van der Waals surface area contributed by atoms with Gasteiger partial charge in [-0.15, -0.1) is 0 Å². The summed E-state index contributed by atoms with van der Waals surface area (Å²) in [7, 11) is 0. The summed E-state index contributed by atoms with van der Waals surface area (Å²) in [5.74, 6) is -0.894. The molecular formula is C16H19N3O4. The molecule has 7 heteroatoms. The first kappa shape index (κ1) is 15.5. The lowest BCUT2D eigenvalue weighted by Crippen LogP contribution is -2.47. The van der Waals surface area contributed by atoms with E-state index >= 15 is 0 Å². The minimum Gasteiger partial charge on any atom is -0.477 e. The first-order chi connectivity index (χ1) is 11.0. The molecule has 2 aliphatic rings. The molecule has 1 saturated carbocycles. The second-order valence-corrected chi connectivity index (χ2v) is 6.08. The monoisotopic (exact) mass is 317 g/mol. The Balaban J connectivity index is 1.50. The van der Waals surface area contributed by atoms with Crippen molar-refractivity contribution < 1.29 is 19.5 Å². The Labute approximate surface area is 133 Å². The van der Waals surface area contributed by atoms with Crippen LogP contribution in [0.3, 0.4) is 0 Å². The van der Waals surface area contributed by atoms with Gasteiger partial charge in [0.2, 0.25) is 5.91 Å². The smallest absolute Gasteiger partial charge is 0.354 e. The van der Waals surface area contributed by atoms with Crippen molar-refractivity contribution in [2.75, 3.05) is 13.1 Å². The Kier molecular flexibility index (Phi) is 4.27. The zero-order valence-corrected chi connectivity index (χ0v) is 12.7. The van der Waals surface area contributed by atoms with Crippen molar-refractivity contribution in [1.29, 1.82) is 0 Å². The molecule has 2 heterocycles. The number of carboxylic acid groups (broad SMARTS) is 1. The maximum atomic E-state index is 12.1. The fraction of sp³-hybridized carbons (Fsp3) is 0.500. The highest BCUT2D eigenvalue weighted by molar-refractivity contribution is 5.95. The summed E-state index contributed by atoms with van der Waals surface area (Å²) in [5, 5.41) is 11.7. The number of likely N-dealkylation sites (tertiary alicyclic amines) is 1. The minimum atomic E-state index is -1.12. The first-order valence-electron chi connectivity index (χ1n) is 7.83. The molecule has 2 amide bonds. The topological polar surface area (TPSA) is 99.6 Å². The first-order valence-corrected chi connectivity index (χ1v) is 7.83. The van der Waals surface area contributed by atoms with Gasteiger partial charge in [-0.2, -0.15) is 0 Å². The van der Waals surface area contributed by atoms with E-state index in [4.69, 9.17) is 5.11 Å². The Bertz CT molecular complexity index is 617. The number of nitrogens with one attached hydrogen (secondary N) is 1. The van der Waals surface area contributed by atoms with Gasteiger partial charge in [-0.05, 0) is 37.8 Å². The standard InChI is InChI=1S/C16H19N3O4/c20-14(11-3-4-13(16(22)23)17-9-11)18-12-5-7-19(8-6-12)15(21)10-1-2-10/h3-4,9-10,12H,1-2,5-8H2,(H,18,20)(H,22,23). The largest absolute Gasteiger partial charge is 0.477 e. The summed E-state index contributed by atoms with van der Waals surface area (Å²) >= 11 is 0. The summed E-state index contributed by atoms with van der Waals surface area (Å²) in [6, 6.07) is 2.80. The molecule has 1 aliphatic heterocycles. The van der Waals surface area contributed by atoms with Crippen LogP contribution in [0, 0.1) is 5.92 Å². The van der Waals surface area contributed by atoms with Crippen molar-refractivity contribution in [3.63, 3.8) is 0 Å². The lowest BCUT2D eigenvalue weighted by molar-refractivity contribution is -0.133. The normalized spacial score (nSPS) is 18.5. The number of carbonyl (C=O) groups is 3. The molecule has 23 heavy (non-hydrogen) atoms. The number of amides is 2. The molecule has 3 rings (SSSR count). The quantitative estimate of drug-likeness (QED) is 0.860. The van der Waals surface area contributed by atoms with Gasteiger partial charge in [-0.3, -0.25) is 9.59 Å². The molecule has 2 fully saturated rings. The number of aromatic carboxylic acids is 1. The summed E-state index contributed by atoms with van der Waals surface area (Å²) in [6.45, 7) is 1.35. The molecule has 122 valence electrons. The van der Waals surface area contributed by atoms with Gasteiger partial charge in [0.05, 0.1) is 5.56 Å². The summed E-state index contributed by atoms with van der Waals surface area (Å²) < 4.78 is 0. The predicted molar refractivity (Wildman–Crippen MR) is 81.0 cm³/mol. The molecule has 0 atom stereocenters. The maximum Gasteiger partial charge on any atom is 0.354 e. The second-order valence-electron chi connectivity index (χ2n) is 6.08. The van der Waals surface area contributed by atoms with Gasteiger partial charge in [0, 0.05) is 31.2 Å². The number of piperidine rings is 1. The number of carbonyl (C=O) groups excluding carboxylic acids is 2. The number of hydrogen-bond acceptors (Lipinski definition) is 4. The molecule has 1 aliphatic carbocycles. The van der Waals surface area contributed by atoms with E-state index in [-0.39, 0.29) is 29.5 Å². The Morgan fingerprint density at radius 3 is 2.35 bits per heavy atom. The maximum absolute atomic E-state index is 12.1. The number of hydrogen-bond donors (Lipinski definition) is 2. The third-order valence-corrected chi connectivity index (χ3v) is 4.31. The highest BCUT2D eigenvalue weighted by atomic mass is 16.4. The predicted octanol–water partition coefficient (Wildman–Crippen LogP) is 0.911. The zero-order valence-electron chi connectivity index (χ0n) is 12.7. The van der Waals surface area contributed by atoms with Gasteiger partial charge in [0.1, 0.15) is 5.69 Å². The van der Waals surface area contributed by atoms with Crippen molar-refractivity contribution >= 4 is 17.8 Å². The van der Waals surface area contributed by atoms with Crippen LogP contribution >= 0.6 is 0 Å². The molecule has 2 N–H and O–H groups in total. The van der Waals surface area contributed by atoms with Gasteiger partial charge in [-0.1, -0.05) is 0 Å². The van der Waals surface area contributed by atoms with Crippen molar-refractivity contribution in [3.05, 3.63) is 29.6 Å². The van der Waals surface area contributed by atoms with Crippen molar-refractivity contribution in [1.82, 2.24) is 15.2 Å². The van der Waals surface area contributed by atoms with Gasteiger partial charge in [0.25, 0.3) is 5.91 Å². The van der Waals surface area contributed by atoms with Gasteiger partial charge in [0.15, 0.2) is 0 Å². The van der Waals surface area contributed by atoms with E-state index in [0.717, 1.165) is 25.7 Å². The number of nitrogens with zero attached hydrogens (tertiary/aromatic N) is 2. The van der Waals surface area contributed by atoms with Crippen LogP contribution in [-0.2, 0) is 4.79 Å². The molecule has 1 aromatic rings. The zero-order chi connectivity index (χ0) is 16.4. The molecule has 0 unspecified atom stereocenters. The minimum absolute atomic E-state index is 0.0323. The van der Waals surface area contributed by atoms with Crippen LogP contribution in [0.1, 0.15) is 46.5 Å². The van der Waals surface area contributed by atoms with Crippen molar-refractivity contribution in [2.24, 2.45) is 5.92 Å². The van der Waals surface area contributed by atoms with E-state index in [1.54, 1.807) is 0 Å². The van der Waals surface area contributed by atoms with Crippen LogP contribution in [0.2, 0.25) is 0 Å². The van der Waals surface area contributed by atoms with E-state index < -0.39 is 5.97 Å². The fourth-order valence-corrected chi connectivity index (χ4v) is 2.76. The Morgan fingerprint density at radius 1 is 1.13 bits per heavy atom. The SMILES string of the molecule is O=C(NC1CCN(C(=O)C2CC2)CC1)c1ccc(C(=O)O)nc1. The van der Waals surface area contributed by atoms with Gasteiger partial charge >= 0.3 is 5.97 Å². The van der Waals surface area contributed by atoms with E-state index in [1.807, 2.05) is 4.90 Å². The molecule has 1 aromatic heterocycles. The van der Waals surface area contributed by atoms with Gasteiger partial charge in [-0.25, -0.2) is 9.78 Å². The average molecular weight is 317 g/mol. The van der Waals surface area contributed by atoms with Crippen LogP contribution in [0.4, 0.5) is 0 Å². The fourth-order valence-electron chi connectivity index (χ4n) is 2.76. The highest BCUT2D eigenvalue weighted by Crippen LogP contribution is 2.31. The Morgan fingerprint density at radius 2 is 1.83 bits per heavy atom.